The van der Waals surface area contributed by atoms with E-state index in [1.165, 1.54) is 12.1 Å². The summed E-state index contributed by atoms with van der Waals surface area (Å²) in [5, 5.41) is 3.23. The van der Waals surface area contributed by atoms with E-state index in [4.69, 9.17) is 0 Å². The fourth-order valence-corrected chi connectivity index (χ4v) is 2.55. The summed E-state index contributed by atoms with van der Waals surface area (Å²) < 4.78 is 40.1. The van der Waals surface area contributed by atoms with Crippen LogP contribution in [0, 0.1) is 0 Å². The van der Waals surface area contributed by atoms with Crippen molar-refractivity contribution in [2.24, 2.45) is 0 Å². The van der Waals surface area contributed by atoms with Gasteiger partial charge >= 0.3 is 6.36 Å². The van der Waals surface area contributed by atoms with Crippen molar-refractivity contribution in [2.45, 2.75) is 25.2 Å². The van der Waals surface area contributed by atoms with Gasteiger partial charge in [-0.3, -0.25) is 0 Å². The van der Waals surface area contributed by atoms with Crippen molar-refractivity contribution in [3.8, 4) is 5.75 Å². The lowest BCUT2D eigenvalue weighted by Gasteiger charge is -2.32. The largest absolute Gasteiger partial charge is 0.573 e. The molecule has 3 rings (SSSR count). The minimum Gasteiger partial charge on any atom is -0.404 e. The molecule has 0 atom stereocenters. The Bertz CT molecular complexity index is 642. The molecule has 24 heavy (non-hydrogen) atoms. The highest BCUT2D eigenvalue weighted by atomic mass is 19.4. The normalized spacial score (nSPS) is 16.0. The van der Waals surface area contributed by atoms with E-state index in [9.17, 15) is 13.2 Å². The van der Waals surface area contributed by atoms with E-state index in [1.807, 2.05) is 0 Å². The molecule has 2 aromatic rings. The monoisotopic (exact) mass is 339 g/mol. The molecule has 0 aromatic carbocycles. The number of alkyl halides is 3. The first-order chi connectivity index (χ1) is 11.5. The number of halogens is 3. The van der Waals surface area contributed by atoms with E-state index in [0.717, 1.165) is 32.1 Å². The number of rotatable bonds is 4. The van der Waals surface area contributed by atoms with Gasteiger partial charge in [-0.15, -0.1) is 13.2 Å². The lowest BCUT2D eigenvalue weighted by molar-refractivity contribution is -0.274. The topological polar surface area (TPSA) is 63.2 Å². The number of hydrogen-bond acceptors (Lipinski definition) is 6. The van der Waals surface area contributed by atoms with E-state index in [0.29, 0.717) is 11.8 Å². The summed E-state index contributed by atoms with van der Waals surface area (Å²) in [5.41, 5.74) is 0. The van der Waals surface area contributed by atoms with Gasteiger partial charge in [0.15, 0.2) is 0 Å². The maximum absolute atomic E-state index is 12.1. The average molecular weight is 339 g/mol. The Hall–Kier alpha value is -2.58. The second kappa shape index (κ2) is 6.90. The maximum Gasteiger partial charge on any atom is 0.573 e. The van der Waals surface area contributed by atoms with Crippen molar-refractivity contribution in [1.82, 2.24) is 15.0 Å². The van der Waals surface area contributed by atoms with Gasteiger partial charge in [0.2, 0.25) is 5.95 Å². The summed E-state index contributed by atoms with van der Waals surface area (Å²) in [6.07, 6.45) is 1.50. The molecule has 1 fully saturated rings. The Morgan fingerprint density at radius 1 is 1.08 bits per heavy atom. The van der Waals surface area contributed by atoms with Gasteiger partial charge in [0.05, 0.1) is 6.20 Å². The third-order valence-electron chi connectivity index (χ3n) is 3.65. The molecule has 1 aliphatic heterocycles. The number of pyridine rings is 1. The van der Waals surface area contributed by atoms with Crippen molar-refractivity contribution in [1.29, 1.82) is 0 Å². The Balaban J connectivity index is 1.51. The molecule has 0 aliphatic carbocycles. The summed E-state index contributed by atoms with van der Waals surface area (Å²) in [4.78, 5) is 14.5. The first kappa shape index (κ1) is 16.3. The Morgan fingerprint density at radius 2 is 1.79 bits per heavy atom. The molecule has 9 heteroatoms. The molecule has 0 unspecified atom stereocenters. The van der Waals surface area contributed by atoms with Gasteiger partial charge in [0.1, 0.15) is 11.6 Å². The second-order valence-electron chi connectivity index (χ2n) is 5.38. The summed E-state index contributed by atoms with van der Waals surface area (Å²) in [6, 6.07) is 4.70. The summed E-state index contributed by atoms with van der Waals surface area (Å²) in [6.45, 7) is 1.61. The number of ether oxygens (including phenoxy) is 1. The van der Waals surface area contributed by atoms with Crippen LogP contribution >= 0.6 is 0 Å². The van der Waals surface area contributed by atoms with Crippen LogP contribution in [0.25, 0.3) is 0 Å². The summed E-state index contributed by atoms with van der Waals surface area (Å²) in [7, 11) is 0. The number of hydrogen-bond donors (Lipinski definition) is 1. The number of nitrogens with zero attached hydrogens (tertiary/aromatic N) is 4. The first-order valence-corrected chi connectivity index (χ1v) is 7.50. The van der Waals surface area contributed by atoms with Crippen LogP contribution in [0.5, 0.6) is 5.75 Å². The van der Waals surface area contributed by atoms with Crippen molar-refractivity contribution >= 4 is 11.8 Å². The van der Waals surface area contributed by atoms with Crippen LogP contribution in [0.2, 0.25) is 0 Å². The van der Waals surface area contributed by atoms with Gasteiger partial charge in [-0.25, -0.2) is 15.0 Å². The molecule has 1 saturated heterocycles. The first-order valence-electron chi connectivity index (χ1n) is 7.50. The van der Waals surface area contributed by atoms with E-state index >= 15 is 0 Å². The van der Waals surface area contributed by atoms with Crippen LogP contribution in [0.3, 0.4) is 0 Å². The second-order valence-corrected chi connectivity index (χ2v) is 5.38. The van der Waals surface area contributed by atoms with E-state index in [2.05, 4.69) is 29.9 Å². The zero-order chi connectivity index (χ0) is 17.0. The average Bonchev–Trinajstić information content (AvgIpc) is 2.57. The molecule has 0 radical (unpaired) electrons. The highest BCUT2D eigenvalue weighted by Gasteiger charge is 2.31. The van der Waals surface area contributed by atoms with Crippen LogP contribution in [0.15, 0.2) is 36.8 Å². The van der Waals surface area contributed by atoms with Crippen LogP contribution in [0.1, 0.15) is 12.8 Å². The Kier molecular flexibility index (Phi) is 4.68. The number of anilines is 2. The molecular weight excluding hydrogens is 323 g/mol. The molecule has 1 N–H and O–H groups in total. The highest BCUT2D eigenvalue weighted by molar-refractivity contribution is 5.39. The summed E-state index contributed by atoms with van der Waals surface area (Å²) >= 11 is 0. The molecule has 0 bridgehead atoms. The van der Waals surface area contributed by atoms with Crippen LogP contribution < -0.4 is 15.0 Å². The third-order valence-corrected chi connectivity index (χ3v) is 3.65. The lowest BCUT2D eigenvalue weighted by atomic mass is 10.1. The van der Waals surface area contributed by atoms with E-state index in [-0.39, 0.29) is 11.8 Å². The van der Waals surface area contributed by atoms with Crippen LogP contribution in [-0.2, 0) is 0 Å². The van der Waals surface area contributed by atoms with Gasteiger partial charge in [-0.1, -0.05) is 0 Å². The fourth-order valence-electron chi connectivity index (χ4n) is 2.55. The highest BCUT2D eigenvalue weighted by Crippen LogP contribution is 2.23. The number of aromatic nitrogens is 3. The van der Waals surface area contributed by atoms with Crippen molar-refractivity contribution in [3.05, 3.63) is 36.8 Å². The standard InChI is InChI=1S/C15H16F3N5O/c16-15(17,18)24-12-2-3-13(21-10-12)22-11-4-8-23(9-5-11)14-19-6-1-7-20-14/h1-3,6-7,10-11H,4-5,8-9H2,(H,21,22). The zero-order valence-corrected chi connectivity index (χ0v) is 12.7. The molecule has 6 nitrogen and oxygen atoms in total. The van der Waals surface area contributed by atoms with Gasteiger partial charge in [0, 0.05) is 31.5 Å². The number of piperidine rings is 1. The molecular formula is C15H16F3N5O. The van der Waals surface area contributed by atoms with Crippen molar-refractivity contribution in [2.75, 3.05) is 23.3 Å². The predicted octanol–water partition coefficient (Wildman–Crippen LogP) is 2.85. The van der Waals surface area contributed by atoms with Gasteiger partial charge < -0.3 is 15.0 Å². The molecule has 0 saturated carbocycles. The quantitative estimate of drug-likeness (QED) is 0.924. The minimum atomic E-state index is -4.71. The zero-order valence-electron chi connectivity index (χ0n) is 12.7. The predicted molar refractivity (Wildman–Crippen MR) is 81.8 cm³/mol. The van der Waals surface area contributed by atoms with Gasteiger partial charge in [-0.2, -0.15) is 0 Å². The van der Waals surface area contributed by atoms with E-state index in [1.54, 1.807) is 18.5 Å². The fraction of sp³-hybridized carbons (Fsp3) is 0.400. The number of nitrogens with one attached hydrogen (secondary N) is 1. The molecule has 0 spiro atoms. The summed E-state index contributed by atoms with van der Waals surface area (Å²) in [5.74, 6) is 0.908. The third kappa shape index (κ3) is 4.46. The Labute approximate surface area is 136 Å². The smallest absolute Gasteiger partial charge is 0.404 e. The molecule has 2 aromatic heterocycles. The van der Waals surface area contributed by atoms with Gasteiger partial charge in [0.25, 0.3) is 0 Å². The maximum atomic E-state index is 12.1. The molecule has 3 heterocycles. The van der Waals surface area contributed by atoms with Crippen molar-refractivity contribution in [3.63, 3.8) is 0 Å². The molecule has 0 amide bonds. The van der Waals surface area contributed by atoms with Gasteiger partial charge in [-0.05, 0) is 31.0 Å². The SMILES string of the molecule is FC(F)(F)Oc1ccc(NC2CCN(c3ncccn3)CC2)nc1. The Morgan fingerprint density at radius 3 is 2.38 bits per heavy atom. The van der Waals surface area contributed by atoms with Crippen LogP contribution in [-0.4, -0.2) is 40.4 Å². The van der Waals surface area contributed by atoms with E-state index < -0.39 is 6.36 Å². The molecule has 128 valence electrons. The van der Waals surface area contributed by atoms with Crippen LogP contribution in [0.4, 0.5) is 24.9 Å². The molecule has 1 aliphatic rings. The van der Waals surface area contributed by atoms with Crippen molar-refractivity contribution < 1.29 is 17.9 Å². The lowest BCUT2D eigenvalue weighted by Crippen LogP contribution is -2.40. The minimum absolute atomic E-state index is 0.201.